The van der Waals surface area contributed by atoms with Gasteiger partial charge in [-0.25, -0.2) is 9.59 Å². The number of carboxylic acids is 2. The molecule has 3 aromatic rings. The number of fused-ring (bicyclic) bond motifs is 3. The van der Waals surface area contributed by atoms with Gasteiger partial charge in [0.25, 0.3) is 0 Å². The van der Waals surface area contributed by atoms with Gasteiger partial charge in [0.2, 0.25) is 0 Å². The van der Waals surface area contributed by atoms with Crippen LogP contribution in [0.5, 0.6) is 0 Å². The van der Waals surface area contributed by atoms with Crippen LogP contribution < -0.4 is 0 Å². The standard InChI is InChI=1S/C15H10N2O4/c18-12(19)7-10(15(20)21)13-14-9(5-6-16-13)8-3-1-2-4-11(8)17-14/h1-7,17H,(H,18,19)(H,20,21)/b10-7+. The van der Waals surface area contributed by atoms with Crippen LogP contribution in [-0.2, 0) is 9.59 Å². The second-order valence-electron chi connectivity index (χ2n) is 4.45. The Bertz CT molecular complexity index is 908. The molecule has 0 amide bonds. The van der Waals surface area contributed by atoms with Crippen molar-refractivity contribution in [3.8, 4) is 0 Å². The molecule has 21 heavy (non-hydrogen) atoms. The molecule has 0 unspecified atom stereocenters. The lowest BCUT2D eigenvalue weighted by Gasteiger charge is -2.02. The molecule has 0 saturated carbocycles. The number of rotatable bonds is 3. The van der Waals surface area contributed by atoms with Gasteiger partial charge in [0.15, 0.2) is 0 Å². The largest absolute Gasteiger partial charge is 0.478 e. The zero-order valence-corrected chi connectivity index (χ0v) is 10.7. The van der Waals surface area contributed by atoms with Gasteiger partial charge in [-0.2, -0.15) is 0 Å². The van der Waals surface area contributed by atoms with Crippen molar-refractivity contribution in [3.05, 3.63) is 48.3 Å². The molecule has 0 radical (unpaired) electrons. The molecule has 0 aliphatic carbocycles. The van der Waals surface area contributed by atoms with Crippen LogP contribution in [0.4, 0.5) is 0 Å². The third-order valence-corrected chi connectivity index (χ3v) is 3.18. The second kappa shape index (κ2) is 4.75. The molecule has 0 atom stereocenters. The van der Waals surface area contributed by atoms with Gasteiger partial charge < -0.3 is 15.2 Å². The van der Waals surface area contributed by atoms with Crippen LogP contribution in [0.15, 0.2) is 42.6 Å². The summed E-state index contributed by atoms with van der Waals surface area (Å²) in [5.74, 6) is -2.67. The van der Waals surface area contributed by atoms with Gasteiger partial charge in [0.05, 0.1) is 11.1 Å². The van der Waals surface area contributed by atoms with Crippen LogP contribution in [0.25, 0.3) is 27.4 Å². The van der Waals surface area contributed by atoms with Crippen LogP contribution in [0, 0.1) is 0 Å². The first-order chi connectivity index (χ1) is 10.1. The van der Waals surface area contributed by atoms with Crippen molar-refractivity contribution in [3.63, 3.8) is 0 Å². The summed E-state index contributed by atoms with van der Waals surface area (Å²) in [7, 11) is 0. The summed E-state index contributed by atoms with van der Waals surface area (Å²) in [6, 6.07) is 9.26. The Morgan fingerprint density at radius 1 is 1.10 bits per heavy atom. The molecule has 0 bridgehead atoms. The highest BCUT2D eigenvalue weighted by molar-refractivity contribution is 6.23. The van der Waals surface area contributed by atoms with E-state index < -0.39 is 11.9 Å². The first kappa shape index (κ1) is 12.9. The number of benzene rings is 1. The lowest BCUT2D eigenvalue weighted by atomic mass is 10.1. The van der Waals surface area contributed by atoms with Crippen LogP contribution in [0.1, 0.15) is 5.69 Å². The third-order valence-electron chi connectivity index (χ3n) is 3.18. The molecule has 3 rings (SSSR count). The molecule has 2 aromatic heterocycles. The van der Waals surface area contributed by atoms with Gasteiger partial charge in [0, 0.05) is 28.6 Å². The van der Waals surface area contributed by atoms with Crippen molar-refractivity contribution in [1.29, 1.82) is 0 Å². The number of nitrogens with one attached hydrogen (secondary N) is 1. The van der Waals surface area contributed by atoms with E-state index in [0.29, 0.717) is 11.6 Å². The fraction of sp³-hybridized carbons (Fsp3) is 0. The minimum absolute atomic E-state index is 0.110. The molecule has 1 aromatic carbocycles. The fourth-order valence-corrected chi connectivity index (χ4v) is 2.33. The predicted octanol–water partition coefficient (Wildman–Crippen LogP) is 2.27. The molecule has 3 N–H and O–H groups in total. The number of aliphatic carboxylic acids is 2. The van der Waals surface area contributed by atoms with Gasteiger partial charge in [-0.05, 0) is 12.1 Å². The molecule has 0 aliphatic heterocycles. The fourth-order valence-electron chi connectivity index (χ4n) is 2.33. The van der Waals surface area contributed by atoms with Crippen molar-refractivity contribution in [2.75, 3.05) is 0 Å². The van der Waals surface area contributed by atoms with E-state index in [4.69, 9.17) is 5.11 Å². The maximum Gasteiger partial charge on any atom is 0.338 e. The zero-order valence-electron chi connectivity index (χ0n) is 10.7. The Hall–Kier alpha value is -3.15. The number of hydrogen-bond acceptors (Lipinski definition) is 3. The Kier molecular flexibility index (Phi) is 2.91. The maximum atomic E-state index is 11.3. The first-order valence-electron chi connectivity index (χ1n) is 6.11. The quantitative estimate of drug-likeness (QED) is 0.639. The van der Waals surface area contributed by atoms with Crippen molar-refractivity contribution in [2.45, 2.75) is 0 Å². The SMILES string of the molecule is O=C(O)/C=C(/C(=O)O)c1nccc2c1[nH]c1ccccc12. The molecule has 0 spiro atoms. The molecular formula is C15H10N2O4. The normalized spacial score (nSPS) is 11.9. The van der Waals surface area contributed by atoms with Crippen LogP contribution >= 0.6 is 0 Å². The van der Waals surface area contributed by atoms with E-state index in [1.54, 1.807) is 6.07 Å². The number of carbonyl (C=O) groups is 2. The average Bonchev–Trinajstić information content (AvgIpc) is 2.83. The summed E-state index contributed by atoms with van der Waals surface area (Å²) >= 11 is 0. The number of hydrogen-bond donors (Lipinski definition) is 3. The van der Waals surface area contributed by atoms with Gasteiger partial charge >= 0.3 is 11.9 Å². The van der Waals surface area contributed by atoms with Gasteiger partial charge in [0.1, 0.15) is 5.69 Å². The molecule has 0 saturated heterocycles. The van der Waals surface area contributed by atoms with Gasteiger partial charge in [-0.15, -0.1) is 0 Å². The van der Waals surface area contributed by atoms with E-state index in [-0.39, 0.29) is 11.3 Å². The van der Waals surface area contributed by atoms with E-state index in [1.165, 1.54) is 6.20 Å². The molecule has 0 fully saturated rings. The third kappa shape index (κ3) is 2.12. The van der Waals surface area contributed by atoms with Crippen molar-refractivity contribution >= 4 is 39.3 Å². The van der Waals surface area contributed by atoms with Gasteiger partial charge in [-0.1, -0.05) is 18.2 Å². The summed E-state index contributed by atoms with van der Waals surface area (Å²) in [5.41, 5.74) is 1.09. The van der Waals surface area contributed by atoms with E-state index in [0.717, 1.165) is 16.3 Å². The van der Waals surface area contributed by atoms with Crippen LogP contribution in [-0.4, -0.2) is 32.1 Å². The highest BCUT2D eigenvalue weighted by atomic mass is 16.4. The monoisotopic (exact) mass is 282 g/mol. The molecular weight excluding hydrogens is 272 g/mol. The van der Waals surface area contributed by atoms with E-state index in [2.05, 4.69) is 9.97 Å². The summed E-state index contributed by atoms with van der Waals surface area (Å²) in [4.78, 5) is 29.3. The molecule has 6 heteroatoms. The Labute approximate surface area is 118 Å². The minimum atomic E-state index is -1.34. The topological polar surface area (TPSA) is 103 Å². The number of para-hydroxylation sites is 1. The predicted molar refractivity (Wildman–Crippen MR) is 76.8 cm³/mol. The average molecular weight is 282 g/mol. The lowest BCUT2D eigenvalue weighted by molar-refractivity contribution is -0.133. The lowest BCUT2D eigenvalue weighted by Crippen LogP contribution is -2.05. The van der Waals surface area contributed by atoms with Crippen LogP contribution in [0.3, 0.4) is 0 Å². The summed E-state index contributed by atoms with van der Waals surface area (Å²) < 4.78 is 0. The molecule has 104 valence electrons. The van der Waals surface area contributed by atoms with Crippen molar-refractivity contribution < 1.29 is 19.8 Å². The van der Waals surface area contributed by atoms with E-state index in [1.807, 2.05) is 24.3 Å². The smallest absolute Gasteiger partial charge is 0.338 e. The maximum absolute atomic E-state index is 11.3. The number of carboxylic acid groups (broad SMARTS) is 2. The van der Waals surface area contributed by atoms with Crippen LogP contribution in [0.2, 0.25) is 0 Å². The van der Waals surface area contributed by atoms with E-state index in [9.17, 15) is 14.7 Å². The Morgan fingerprint density at radius 3 is 2.57 bits per heavy atom. The molecule has 6 nitrogen and oxygen atoms in total. The number of aromatic nitrogens is 2. The molecule has 0 aliphatic rings. The number of nitrogens with zero attached hydrogens (tertiary/aromatic N) is 1. The first-order valence-corrected chi connectivity index (χ1v) is 6.11. The zero-order chi connectivity index (χ0) is 15.0. The minimum Gasteiger partial charge on any atom is -0.478 e. The highest BCUT2D eigenvalue weighted by Gasteiger charge is 2.18. The number of pyridine rings is 1. The summed E-state index contributed by atoms with van der Waals surface area (Å²) in [6.45, 7) is 0. The van der Waals surface area contributed by atoms with E-state index >= 15 is 0 Å². The Balaban J connectivity index is 2.37. The van der Waals surface area contributed by atoms with Crippen molar-refractivity contribution in [2.24, 2.45) is 0 Å². The van der Waals surface area contributed by atoms with Gasteiger partial charge in [-0.3, -0.25) is 4.98 Å². The number of aromatic amines is 1. The second-order valence-corrected chi connectivity index (χ2v) is 4.45. The summed E-state index contributed by atoms with van der Waals surface area (Å²) in [6.07, 6.45) is 2.12. The highest BCUT2D eigenvalue weighted by Crippen LogP contribution is 2.29. The summed E-state index contributed by atoms with van der Waals surface area (Å²) in [5, 5.41) is 19.8. The number of H-pyrrole nitrogens is 1. The molecule has 2 heterocycles. The van der Waals surface area contributed by atoms with Crippen molar-refractivity contribution in [1.82, 2.24) is 9.97 Å². The Morgan fingerprint density at radius 2 is 1.86 bits per heavy atom.